The van der Waals surface area contributed by atoms with Crippen LogP contribution in [-0.4, -0.2) is 9.78 Å². The molecular formula is C9H9BrClN3O. The quantitative estimate of drug-likeness (QED) is 0.925. The zero-order valence-electron chi connectivity index (χ0n) is 8.00. The van der Waals surface area contributed by atoms with E-state index in [1.165, 1.54) is 0 Å². The van der Waals surface area contributed by atoms with Crippen LogP contribution in [0.3, 0.4) is 0 Å². The number of rotatable bonds is 2. The summed E-state index contributed by atoms with van der Waals surface area (Å²) >= 11 is 9.15. The van der Waals surface area contributed by atoms with Crippen LogP contribution in [0.25, 0.3) is 0 Å². The Morgan fingerprint density at radius 2 is 2.33 bits per heavy atom. The lowest BCUT2D eigenvalue weighted by Gasteiger charge is -2.00. The van der Waals surface area contributed by atoms with Crippen molar-refractivity contribution in [3.05, 3.63) is 33.3 Å². The van der Waals surface area contributed by atoms with E-state index in [1.54, 1.807) is 4.68 Å². The third-order valence-electron chi connectivity index (χ3n) is 2.03. The molecule has 0 amide bonds. The first-order valence-electron chi connectivity index (χ1n) is 4.30. The van der Waals surface area contributed by atoms with Crippen LogP contribution in [0, 0.1) is 6.92 Å². The van der Waals surface area contributed by atoms with E-state index in [1.807, 2.05) is 19.1 Å². The van der Waals surface area contributed by atoms with Crippen LogP contribution in [0.4, 0.5) is 5.82 Å². The van der Waals surface area contributed by atoms with Crippen molar-refractivity contribution in [2.24, 2.45) is 0 Å². The summed E-state index contributed by atoms with van der Waals surface area (Å²) in [5, 5.41) is 4.70. The SMILES string of the molecule is Cc1nn(Cc2ccc(Br)o2)c(N)c1Cl. The van der Waals surface area contributed by atoms with Crippen LogP contribution in [0.15, 0.2) is 21.2 Å². The molecule has 0 saturated heterocycles. The average molecular weight is 291 g/mol. The van der Waals surface area contributed by atoms with E-state index >= 15 is 0 Å². The van der Waals surface area contributed by atoms with Crippen molar-refractivity contribution in [3.8, 4) is 0 Å². The predicted octanol–water partition coefficient (Wildman–Crippen LogP) is 2.83. The van der Waals surface area contributed by atoms with E-state index in [0.717, 1.165) is 11.5 Å². The van der Waals surface area contributed by atoms with Crippen molar-refractivity contribution in [1.82, 2.24) is 9.78 Å². The molecule has 0 aliphatic rings. The molecule has 0 aromatic carbocycles. The van der Waals surface area contributed by atoms with E-state index in [0.29, 0.717) is 22.1 Å². The van der Waals surface area contributed by atoms with Crippen LogP contribution < -0.4 is 5.73 Å². The van der Waals surface area contributed by atoms with Crippen molar-refractivity contribution < 1.29 is 4.42 Å². The van der Waals surface area contributed by atoms with Crippen LogP contribution in [-0.2, 0) is 6.54 Å². The van der Waals surface area contributed by atoms with Gasteiger partial charge in [-0.3, -0.25) is 0 Å². The van der Waals surface area contributed by atoms with Gasteiger partial charge in [-0.1, -0.05) is 11.6 Å². The molecular weight excluding hydrogens is 281 g/mol. The fourth-order valence-corrected chi connectivity index (χ4v) is 1.76. The fraction of sp³-hybridized carbons (Fsp3) is 0.222. The molecule has 6 heteroatoms. The molecule has 0 spiro atoms. The topological polar surface area (TPSA) is 57.0 Å². The number of aryl methyl sites for hydroxylation is 1. The number of nitrogens with two attached hydrogens (primary N) is 1. The van der Waals surface area contributed by atoms with E-state index < -0.39 is 0 Å². The largest absolute Gasteiger partial charge is 0.452 e. The van der Waals surface area contributed by atoms with E-state index in [4.69, 9.17) is 21.8 Å². The molecule has 2 aromatic heterocycles. The van der Waals surface area contributed by atoms with Gasteiger partial charge in [0.2, 0.25) is 0 Å². The molecule has 0 unspecified atom stereocenters. The Labute approximate surface area is 100 Å². The molecule has 2 aromatic rings. The van der Waals surface area contributed by atoms with Gasteiger partial charge in [-0.05, 0) is 35.0 Å². The van der Waals surface area contributed by atoms with Crippen molar-refractivity contribution >= 4 is 33.3 Å². The summed E-state index contributed by atoms with van der Waals surface area (Å²) in [6.07, 6.45) is 0. The molecule has 0 bridgehead atoms. The lowest BCUT2D eigenvalue weighted by molar-refractivity contribution is 0.464. The monoisotopic (exact) mass is 289 g/mol. The Morgan fingerprint density at radius 3 is 2.80 bits per heavy atom. The number of furan rings is 1. The standard InChI is InChI=1S/C9H9BrClN3O/c1-5-8(11)9(12)14(13-5)4-6-2-3-7(10)15-6/h2-3H,4,12H2,1H3. The van der Waals surface area contributed by atoms with Crippen molar-refractivity contribution in [3.63, 3.8) is 0 Å². The molecule has 0 saturated carbocycles. The highest BCUT2D eigenvalue weighted by Gasteiger charge is 2.11. The normalized spacial score (nSPS) is 10.9. The second-order valence-electron chi connectivity index (χ2n) is 3.15. The van der Waals surface area contributed by atoms with Gasteiger partial charge in [-0.15, -0.1) is 0 Å². The second-order valence-corrected chi connectivity index (χ2v) is 4.31. The van der Waals surface area contributed by atoms with Gasteiger partial charge in [-0.25, -0.2) is 4.68 Å². The van der Waals surface area contributed by atoms with Gasteiger partial charge in [-0.2, -0.15) is 5.10 Å². The molecule has 15 heavy (non-hydrogen) atoms. The molecule has 80 valence electrons. The zero-order valence-corrected chi connectivity index (χ0v) is 10.3. The summed E-state index contributed by atoms with van der Waals surface area (Å²) < 4.78 is 7.65. The van der Waals surface area contributed by atoms with Crippen molar-refractivity contribution in [2.45, 2.75) is 13.5 Å². The molecule has 2 rings (SSSR count). The number of halogens is 2. The summed E-state index contributed by atoms with van der Waals surface area (Å²) in [5.74, 6) is 1.23. The minimum Gasteiger partial charge on any atom is -0.452 e. The molecule has 0 aliphatic carbocycles. The van der Waals surface area contributed by atoms with Crippen LogP contribution >= 0.6 is 27.5 Å². The summed E-state index contributed by atoms with van der Waals surface area (Å²) in [4.78, 5) is 0. The average Bonchev–Trinajstić information content (AvgIpc) is 2.68. The Balaban J connectivity index is 2.28. The summed E-state index contributed by atoms with van der Waals surface area (Å²) in [5.41, 5.74) is 6.50. The van der Waals surface area contributed by atoms with Gasteiger partial charge >= 0.3 is 0 Å². The van der Waals surface area contributed by atoms with E-state index in [-0.39, 0.29) is 0 Å². The second kappa shape index (κ2) is 3.90. The first-order chi connectivity index (χ1) is 7.08. The summed E-state index contributed by atoms with van der Waals surface area (Å²) in [6, 6.07) is 3.68. The van der Waals surface area contributed by atoms with Gasteiger partial charge in [0.25, 0.3) is 0 Å². The minimum absolute atomic E-state index is 0.460. The van der Waals surface area contributed by atoms with E-state index in [9.17, 15) is 0 Å². The maximum Gasteiger partial charge on any atom is 0.169 e. The molecule has 4 nitrogen and oxygen atoms in total. The van der Waals surface area contributed by atoms with Crippen molar-refractivity contribution in [2.75, 3.05) is 5.73 Å². The molecule has 0 radical (unpaired) electrons. The van der Waals surface area contributed by atoms with Gasteiger partial charge in [0.15, 0.2) is 4.67 Å². The Bertz CT molecular complexity index is 492. The first-order valence-corrected chi connectivity index (χ1v) is 5.47. The van der Waals surface area contributed by atoms with Crippen LogP contribution in [0.2, 0.25) is 5.02 Å². The number of aromatic nitrogens is 2. The smallest absolute Gasteiger partial charge is 0.169 e. The molecule has 2 heterocycles. The Morgan fingerprint density at radius 1 is 1.60 bits per heavy atom. The van der Waals surface area contributed by atoms with E-state index in [2.05, 4.69) is 21.0 Å². The Hall–Kier alpha value is -0.940. The maximum atomic E-state index is 5.92. The highest BCUT2D eigenvalue weighted by Crippen LogP contribution is 2.23. The van der Waals surface area contributed by atoms with Crippen LogP contribution in [0.5, 0.6) is 0 Å². The number of nitrogen functional groups attached to an aromatic ring is 1. The molecule has 0 aliphatic heterocycles. The number of hydrogen-bond donors (Lipinski definition) is 1. The fourth-order valence-electron chi connectivity index (χ4n) is 1.28. The summed E-state index contributed by atoms with van der Waals surface area (Å²) in [6.45, 7) is 2.29. The predicted molar refractivity (Wildman–Crippen MR) is 61.9 cm³/mol. The maximum absolute atomic E-state index is 5.92. The minimum atomic E-state index is 0.460. The molecule has 0 fully saturated rings. The summed E-state index contributed by atoms with van der Waals surface area (Å²) in [7, 11) is 0. The third kappa shape index (κ3) is 2.03. The highest BCUT2D eigenvalue weighted by atomic mass is 79.9. The number of anilines is 1. The molecule has 0 atom stereocenters. The lowest BCUT2D eigenvalue weighted by atomic mass is 10.4. The number of nitrogens with zero attached hydrogens (tertiary/aromatic N) is 2. The van der Waals surface area contributed by atoms with Gasteiger partial charge in [0.05, 0.1) is 5.69 Å². The van der Waals surface area contributed by atoms with Crippen molar-refractivity contribution in [1.29, 1.82) is 0 Å². The Kier molecular flexibility index (Phi) is 2.75. The highest BCUT2D eigenvalue weighted by molar-refractivity contribution is 9.10. The van der Waals surface area contributed by atoms with Gasteiger partial charge in [0.1, 0.15) is 23.1 Å². The molecule has 2 N–H and O–H groups in total. The lowest BCUT2D eigenvalue weighted by Crippen LogP contribution is -2.05. The van der Waals surface area contributed by atoms with Gasteiger partial charge < -0.3 is 10.2 Å². The van der Waals surface area contributed by atoms with Crippen LogP contribution in [0.1, 0.15) is 11.5 Å². The first kappa shape index (κ1) is 10.6. The zero-order chi connectivity index (χ0) is 11.0. The number of hydrogen-bond acceptors (Lipinski definition) is 3. The third-order valence-corrected chi connectivity index (χ3v) is 2.92. The van der Waals surface area contributed by atoms with Gasteiger partial charge in [0, 0.05) is 0 Å².